The number of aryl methyl sites for hydroxylation is 1. The predicted molar refractivity (Wildman–Crippen MR) is 105 cm³/mol. The van der Waals surface area contributed by atoms with Crippen molar-refractivity contribution in [2.75, 3.05) is 5.32 Å². The van der Waals surface area contributed by atoms with Crippen molar-refractivity contribution < 1.29 is 18.8 Å². The van der Waals surface area contributed by atoms with Gasteiger partial charge in [0.05, 0.1) is 0 Å². The summed E-state index contributed by atoms with van der Waals surface area (Å²) in [5, 5.41) is 4.92. The van der Waals surface area contributed by atoms with Gasteiger partial charge in [-0.25, -0.2) is 0 Å². The fourth-order valence-corrected chi connectivity index (χ4v) is 2.13. The molecule has 4 N–H and O–H groups in total. The standard InChI is InChI=1S/C18H18N4O4S/c1-11-3-8-15(26-11)9-10-16(24)20-18(27)22-21-17(25)13-4-6-14(7-5-13)19-12(2)23/h3-10H,1-2H3,(H,19,23)(H,21,25)(H2,20,22,24,27)/b10-9+. The van der Waals surface area contributed by atoms with Gasteiger partial charge in [0.15, 0.2) is 5.11 Å². The maximum absolute atomic E-state index is 12.0. The average molecular weight is 386 g/mol. The molecule has 0 aliphatic carbocycles. The molecule has 9 heteroatoms. The largest absolute Gasteiger partial charge is 0.462 e. The lowest BCUT2D eigenvalue weighted by molar-refractivity contribution is -0.115. The van der Waals surface area contributed by atoms with E-state index in [9.17, 15) is 14.4 Å². The van der Waals surface area contributed by atoms with Gasteiger partial charge >= 0.3 is 0 Å². The van der Waals surface area contributed by atoms with E-state index in [0.29, 0.717) is 17.0 Å². The van der Waals surface area contributed by atoms with Gasteiger partial charge in [0.25, 0.3) is 5.91 Å². The van der Waals surface area contributed by atoms with Gasteiger partial charge in [-0.3, -0.25) is 30.6 Å². The summed E-state index contributed by atoms with van der Waals surface area (Å²) in [6, 6.07) is 9.78. The van der Waals surface area contributed by atoms with Crippen LogP contribution in [0.5, 0.6) is 0 Å². The third kappa shape index (κ3) is 6.75. The van der Waals surface area contributed by atoms with Crippen LogP contribution < -0.4 is 21.5 Å². The molecule has 140 valence electrons. The van der Waals surface area contributed by atoms with Crippen molar-refractivity contribution in [2.45, 2.75) is 13.8 Å². The Bertz CT molecular complexity index is 887. The summed E-state index contributed by atoms with van der Waals surface area (Å²) >= 11 is 4.94. The quantitative estimate of drug-likeness (QED) is 0.363. The summed E-state index contributed by atoms with van der Waals surface area (Å²) in [5.41, 5.74) is 5.72. The normalized spacial score (nSPS) is 10.3. The molecule has 27 heavy (non-hydrogen) atoms. The Kier molecular flexibility index (Phi) is 6.84. The number of anilines is 1. The van der Waals surface area contributed by atoms with Crippen LogP contribution >= 0.6 is 12.2 Å². The number of carbonyl (C=O) groups is 3. The molecule has 0 spiro atoms. The monoisotopic (exact) mass is 386 g/mol. The first-order chi connectivity index (χ1) is 12.8. The second kappa shape index (κ2) is 9.30. The van der Waals surface area contributed by atoms with Crippen LogP contribution in [0.1, 0.15) is 28.8 Å². The molecule has 0 fully saturated rings. The molecule has 2 rings (SSSR count). The number of hydrazine groups is 1. The second-order valence-corrected chi connectivity index (χ2v) is 5.85. The first kappa shape index (κ1) is 19.9. The molecule has 0 bridgehead atoms. The number of hydrogen-bond donors (Lipinski definition) is 4. The van der Waals surface area contributed by atoms with E-state index in [0.717, 1.165) is 5.76 Å². The number of carbonyl (C=O) groups excluding carboxylic acids is 3. The Balaban J connectivity index is 1.78. The molecule has 0 aliphatic rings. The van der Waals surface area contributed by atoms with Gasteiger partial charge in [-0.15, -0.1) is 0 Å². The van der Waals surface area contributed by atoms with E-state index in [1.807, 2.05) is 0 Å². The van der Waals surface area contributed by atoms with Crippen LogP contribution in [0.15, 0.2) is 46.9 Å². The van der Waals surface area contributed by atoms with E-state index in [4.69, 9.17) is 16.6 Å². The van der Waals surface area contributed by atoms with Gasteiger partial charge < -0.3 is 9.73 Å². The first-order valence-electron chi connectivity index (χ1n) is 7.87. The van der Waals surface area contributed by atoms with E-state index in [-0.39, 0.29) is 11.0 Å². The predicted octanol–water partition coefficient (Wildman–Crippen LogP) is 1.90. The number of rotatable bonds is 4. The summed E-state index contributed by atoms with van der Waals surface area (Å²) in [5.74, 6) is 0.141. The fraction of sp³-hybridized carbons (Fsp3) is 0.111. The second-order valence-electron chi connectivity index (χ2n) is 5.44. The summed E-state index contributed by atoms with van der Waals surface area (Å²) in [4.78, 5) is 34.7. The van der Waals surface area contributed by atoms with Crippen molar-refractivity contribution in [1.29, 1.82) is 0 Å². The molecule has 0 atom stereocenters. The molecule has 3 amide bonds. The van der Waals surface area contributed by atoms with Gasteiger partial charge in [-0.1, -0.05) is 0 Å². The topological polar surface area (TPSA) is 112 Å². The fourth-order valence-electron chi connectivity index (χ4n) is 1.98. The molecule has 2 aromatic rings. The molecule has 1 heterocycles. The summed E-state index contributed by atoms with van der Waals surface area (Å²) in [7, 11) is 0. The number of benzene rings is 1. The Morgan fingerprint density at radius 1 is 1.04 bits per heavy atom. The van der Waals surface area contributed by atoms with Crippen molar-refractivity contribution in [2.24, 2.45) is 0 Å². The van der Waals surface area contributed by atoms with E-state index in [1.165, 1.54) is 31.2 Å². The summed E-state index contributed by atoms with van der Waals surface area (Å²) < 4.78 is 5.30. The molecule has 0 aliphatic heterocycles. The van der Waals surface area contributed by atoms with Crippen LogP contribution in [0, 0.1) is 6.92 Å². The van der Waals surface area contributed by atoms with Gasteiger partial charge in [0.2, 0.25) is 11.8 Å². The zero-order chi connectivity index (χ0) is 19.8. The highest BCUT2D eigenvalue weighted by molar-refractivity contribution is 7.80. The zero-order valence-corrected chi connectivity index (χ0v) is 15.5. The van der Waals surface area contributed by atoms with Crippen LogP contribution in [0.3, 0.4) is 0 Å². The van der Waals surface area contributed by atoms with Crippen LogP contribution in [0.4, 0.5) is 5.69 Å². The highest BCUT2D eigenvalue weighted by Crippen LogP contribution is 2.09. The van der Waals surface area contributed by atoms with Crippen molar-refractivity contribution in [3.05, 3.63) is 59.6 Å². The van der Waals surface area contributed by atoms with Crippen LogP contribution in [0.25, 0.3) is 6.08 Å². The van der Waals surface area contributed by atoms with Gasteiger partial charge in [-0.05, 0) is 61.6 Å². The summed E-state index contributed by atoms with van der Waals surface area (Å²) in [6.07, 6.45) is 2.76. The Hall–Kier alpha value is -3.46. The third-order valence-corrected chi connectivity index (χ3v) is 3.36. The van der Waals surface area contributed by atoms with Crippen molar-refractivity contribution in [3.63, 3.8) is 0 Å². The minimum absolute atomic E-state index is 0.0662. The molecule has 0 saturated heterocycles. The molecule has 8 nitrogen and oxygen atoms in total. The van der Waals surface area contributed by atoms with Crippen molar-refractivity contribution >= 4 is 46.8 Å². The maximum Gasteiger partial charge on any atom is 0.269 e. The van der Waals surface area contributed by atoms with Gasteiger partial charge in [0.1, 0.15) is 11.5 Å². The lowest BCUT2D eigenvalue weighted by Crippen LogP contribution is -2.48. The smallest absolute Gasteiger partial charge is 0.269 e. The first-order valence-corrected chi connectivity index (χ1v) is 8.28. The molecule has 0 unspecified atom stereocenters. The average Bonchev–Trinajstić information content (AvgIpc) is 3.03. The molecular weight excluding hydrogens is 368 g/mol. The number of thiocarbonyl (C=S) groups is 1. The highest BCUT2D eigenvalue weighted by Gasteiger charge is 2.07. The maximum atomic E-state index is 12.0. The molecule has 0 radical (unpaired) electrons. The SMILES string of the molecule is CC(=O)Nc1ccc(C(=O)NNC(=S)NC(=O)/C=C/c2ccc(C)o2)cc1. The van der Waals surface area contributed by atoms with Gasteiger partial charge in [0, 0.05) is 24.3 Å². The Labute approximate surface area is 161 Å². The number of amides is 3. The molecule has 1 aromatic heterocycles. The number of nitrogens with one attached hydrogen (secondary N) is 4. The number of hydrogen-bond acceptors (Lipinski definition) is 5. The van der Waals surface area contributed by atoms with Crippen molar-refractivity contribution in [1.82, 2.24) is 16.2 Å². The van der Waals surface area contributed by atoms with E-state index < -0.39 is 11.8 Å². The Morgan fingerprint density at radius 3 is 2.33 bits per heavy atom. The minimum atomic E-state index is -0.476. The van der Waals surface area contributed by atoms with Gasteiger partial charge in [-0.2, -0.15) is 0 Å². The zero-order valence-electron chi connectivity index (χ0n) is 14.7. The third-order valence-electron chi connectivity index (χ3n) is 3.15. The summed E-state index contributed by atoms with van der Waals surface area (Å²) in [6.45, 7) is 3.19. The molecular formula is C18H18N4O4S. The number of furan rings is 1. The highest BCUT2D eigenvalue weighted by atomic mass is 32.1. The lowest BCUT2D eigenvalue weighted by atomic mass is 10.2. The lowest BCUT2D eigenvalue weighted by Gasteiger charge is -2.10. The van der Waals surface area contributed by atoms with Crippen LogP contribution in [-0.2, 0) is 9.59 Å². The van der Waals surface area contributed by atoms with E-state index >= 15 is 0 Å². The molecule has 1 aromatic carbocycles. The van der Waals surface area contributed by atoms with Crippen LogP contribution in [-0.4, -0.2) is 22.8 Å². The van der Waals surface area contributed by atoms with E-state index in [2.05, 4.69) is 21.5 Å². The van der Waals surface area contributed by atoms with Crippen molar-refractivity contribution in [3.8, 4) is 0 Å². The van der Waals surface area contributed by atoms with Crippen LogP contribution in [0.2, 0.25) is 0 Å². The van der Waals surface area contributed by atoms with E-state index in [1.54, 1.807) is 31.2 Å². The molecule has 0 saturated carbocycles. The Morgan fingerprint density at radius 2 is 1.74 bits per heavy atom. The minimum Gasteiger partial charge on any atom is -0.462 e.